The van der Waals surface area contributed by atoms with Crippen LogP contribution in [0.4, 0.5) is 14.6 Å². The third kappa shape index (κ3) is 2.63. The second-order valence-electron chi connectivity index (χ2n) is 3.27. The molecular weight excluding hydrogens is 248 g/mol. The van der Waals surface area contributed by atoms with E-state index in [9.17, 15) is 8.78 Å². The number of hydrogen-bond acceptors (Lipinski definition) is 5. The Morgan fingerprint density at radius 1 is 1.41 bits per heavy atom. The smallest absolute Gasteiger partial charge is 0.299 e. The first-order chi connectivity index (χ1) is 8.22. The molecule has 0 spiro atoms. The van der Waals surface area contributed by atoms with Crippen LogP contribution in [0.5, 0.6) is 0 Å². The molecule has 2 aromatic heterocycles. The summed E-state index contributed by atoms with van der Waals surface area (Å²) >= 11 is 1.69. The van der Waals surface area contributed by atoms with Gasteiger partial charge in [0.1, 0.15) is 5.82 Å². The van der Waals surface area contributed by atoms with Crippen LogP contribution < -0.4 is 5.32 Å². The molecule has 92 valence electrons. The van der Waals surface area contributed by atoms with Gasteiger partial charge in [0, 0.05) is 12.3 Å². The Bertz CT molecular complexity index is 501. The molecule has 0 unspecified atom stereocenters. The summed E-state index contributed by atoms with van der Waals surface area (Å²) in [7, 11) is 0. The second kappa shape index (κ2) is 5.26. The Hall–Kier alpha value is -1.44. The Morgan fingerprint density at radius 2 is 2.24 bits per heavy atom. The molecule has 1 N–H and O–H groups in total. The van der Waals surface area contributed by atoms with E-state index in [2.05, 4.69) is 20.6 Å². The summed E-state index contributed by atoms with van der Waals surface area (Å²) in [5.41, 5.74) is 0.315. The van der Waals surface area contributed by atoms with Crippen molar-refractivity contribution in [2.24, 2.45) is 0 Å². The summed E-state index contributed by atoms with van der Waals surface area (Å²) in [6, 6.07) is 3.30. The van der Waals surface area contributed by atoms with Crippen molar-refractivity contribution in [1.82, 2.24) is 19.8 Å². The maximum Gasteiger partial charge on any atom is 0.299 e. The third-order valence-electron chi connectivity index (χ3n) is 2.09. The Labute approximate surface area is 101 Å². The van der Waals surface area contributed by atoms with Gasteiger partial charge in [0.2, 0.25) is 5.82 Å². The van der Waals surface area contributed by atoms with Crippen LogP contribution in [0.15, 0.2) is 12.1 Å². The topological polar surface area (TPSA) is 55.1 Å². The highest BCUT2D eigenvalue weighted by molar-refractivity contribution is 7.98. The first-order valence-corrected chi connectivity index (χ1v) is 6.35. The van der Waals surface area contributed by atoms with Gasteiger partial charge in [-0.1, -0.05) is 0 Å². The van der Waals surface area contributed by atoms with Gasteiger partial charge in [-0.05, 0) is 18.4 Å². The summed E-state index contributed by atoms with van der Waals surface area (Å²) in [5.74, 6) is 1.02. The lowest BCUT2D eigenvalue weighted by Crippen LogP contribution is -2.08. The third-order valence-corrected chi connectivity index (χ3v) is 2.71. The number of fused-ring (bicyclic) bond motifs is 1. The Balaban J connectivity index is 2.25. The summed E-state index contributed by atoms with van der Waals surface area (Å²) in [5, 5.41) is 14.1. The largest absolute Gasteiger partial charge is 0.368 e. The fraction of sp³-hybridized carbons (Fsp3) is 0.444. The van der Waals surface area contributed by atoms with Gasteiger partial charge in [-0.2, -0.15) is 16.3 Å². The molecule has 0 atom stereocenters. The fourth-order valence-electron chi connectivity index (χ4n) is 1.32. The van der Waals surface area contributed by atoms with E-state index < -0.39 is 12.2 Å². The number of hydrogen-bond donors (Lipinski definition) is 1. The molecule has 0 aliphatic rings. The highest BCUT2D eigenvalue weighted by atomic mass is 32.2. The van der Waals surface area contributed by atoms with E-state index in [0.29, 0.717) is 11.5 Å². The molecule has 17 heavy (non-hydrogen) atoms. The van der Waals surface area contributed by atoms with Crippen molar-refractivity contribution in [1.29, 1.82) is 0 Å². The Kier molecular flexibility index (Phi) is 3.72. The summed E-state index contributed by atoms with van der Waals surface area (Å²) in [6.45, 7) is 0.728. The number of nitrogens with one attached hydrogen (secondary N) is 1. The number of thioether (sulfide) groups is 1. The van der Waals surface area contributed by atoms with Crippen LogP contribution in [0.1, 0.15) is 12.2 Å². The molecule has 0 aromatic carbocycles. The first kappa shape index (κ1) is 12.0. The number of anilines is 1. The van der Waals surface area contributed by atoms with Gasteiger partial charge < -0.3 is 5.32 Å². The molecule has 0 saturated heterocycles. The zero-order chi connectivity index (χ0) is 12.3. The molecule has 0 aliphatic carbocycles. The van der Waals surface area contributed by atoms with Crippen molar-refractivity contribution in [2.75, 3.05) is 23.9 Å². The number of nitrogens with zero attached hydrogens (tertiary/aromatic N) is 4. The minimum Gasteiger partial charge on any atom is -0.368 e. The van der Waals surface area contributed by atoms with Crippen LogP contribution in [-0.4, -0.2) is 38.4 Å². The molecule has 5 nitrogen and oxygen atoms in total. The summed E-state index contributed by atoms with van der Waals surface area (Å²) in [4.78, 5) is 0. The average molecular weight is 259 g/mol. The maximum absolute atomic E-state index is 12.6. The van der Waals surface area contributed by atoms with Gasteiger partial charge in [-0.25, -0.2) is 8.78 Å². The van der Waals surface area contributed by atoms with Gasteiger partial charge in [-0.3, -0.25) is 0 Å². The van der Waals surface area contributed by atoms with Crippen molar-refractivity contribution in [3.05, 3.63) is 18.0 Å². The minimum atomic E-state index is -2.68. The number of aromatic nitrogens is 4. The van der Waals surface area contributed by atoms with Gasteiger partial charge in [0.15, 0.2) is 5.65 Å². The first-order valence-electron chi connectivity index (χ1n) is 4.95. The molecule has 0 saturated carbocycles. The van der Waals surface area contributed by atoms with Gasteiger partial charge in [0.05, 0.1) is 0 Å². The number of rotatable bonds is 5. The summed E-state index contributed by atoms with van der Waals surface area (Å²) < 4.78 is 26.2. The van der Waals surface area contributed by atoms with E-state index in [-0.39, 0.29) is 0 Å². The second-order valence-corrected chi connectivity index (χ2v) is 4.25. The average Bonchev–Trinajstić information content (AvgIpc) is 2.72. The molecule has 2 rings (SSSR count). The molecule has 2 aromatic rings. The fourth-order valence-corrected chi connectivity index (χ4v) is 1.62. The van der Waals surface area contributed by atoms with Crippen molar-refractivity contribution in [2.45, 2.75) is 6.43 Å². The van der Waals surface area contributed by atoms with E-state index in [1.807, 2.05) is 6.26 Å². The minimum absolute atomic E-state index is 0.315. The molecule has 8 heteroatoms. The predicted molar refractivity (Wildman–Crippen MR) is 62.6 cm³/mol. The standard InChI is InChI=1S/C9H11F2N5S/c1-17-5-4-12-6-2-3-7-13-14-9(8(10)11)16(7)15-6/h2-3,8H,4-5H2,1H3,(H,12,15). The molecular formula is C9H11F2N5S. The van der Waals surface area contributed by atoms with Crippen LogP contribution >= 0.6 is 11.8 Å². The Morgan fingerprint density at radius 3 is 2.94 bits per heavy atom. The lowest BCUT2D eigenvalue weighted by Gasteiger charge is -2.04. The SMILES string of the molecule is CSCCNc1ccc2nnc(C(F)F)n2n1. The van der Waals surface area contributed by atoms with Crippen molar-refractivity contribution >= 4 is 23.2 Å². The van der Waals surface area contributed by atoms with Gasteiger partial charge >= 0.3 is 0 Å². The molecule has 2 heterocycles. The molecule has 0 amide bonds. The van der Waals surface area contributed by atoms with E-state index in [0.717, 1.165) is 16.8 Å². The molecule has 0 radical (unpaired) electrons. The molecule has 0 fully saturated rings. The van der Waals surface area contributed by atoms with Gasteiger partial charge in [0.25, 0.3) is 6.43 Å². The van der Waals surface area contributed by atoms with Crippen LogP contribution in [0.2, 0.25) is 0 Å². The van der Waals surface area contributed by atoms with Crippen LogP contribution in [0, 0.1) is 0 Å². The van der Waals surface area contributed by atoms with E-state index in [1.165, 1.54) is 0 Å². The number of alkyl halides is 2. The maximum atomic E-state index is 12.6. The lowest BCUT2D eigenvalue weighted by atomic mass is 10.5. The lowest BCUT2D eigenvalue weighted by molar-refractivity contribution is 0.137. The monoisotopic (exact) mass is 259 g/mol. The normalized spacial score (nSPS) is 11.3. The zero-order valence-corrected chi connectivity index (χ0v) is 9.92. The van der Waals surface area contributed by atoms with Crippen molar-refractivity contribution < 1.29 is 8.78 Å². The molecule has 0 aliphatic heterocycles. The molecule has 0 bridgehead atoms. The van der Waals surface area contributed by atoms with E-state index in [1.54, 1.807) is 23.9 Å². The highest BCUT2D eigenvalue weighted by Gasteiger charge is 2.16. The van der Waals surface area contributed by atoms with Crippen molar-refractivity contribution in [3.8, 4) is 0 Å². The van der Waals surface area contributed by atoms with E-state index in [4.69, 9.17) is 0 Å². The van der Waals surface area contributed by atoms with E-state index >= 15 is 0 Å². The van der Waals surface area contributed by atoms with Gasteiger partial charge in [-0.15, -0.1) is 15.3 Å². The van der Waals surface area contributed by atoms with Crippen molar-refractivity contribution in [3.63, 3.8) is 0 Å². The zero-order valence-electron chi connectivity index (χ0n) is 9.10. The van der Waals surface area contributed by atoms with Crippen LogP contribution in [0.3, 0.4) is 0 Å². The highest BCUT2D eigenvalue weighted by Crippen LogP contribution is 2.17. The number of halogens is 2. The summed E-state index contributed by atoms with van der Waals surface area (Å²) in [6.07, 6.45) is -0.688. The quantitative estimate of drug-likeness (QED) is 0.830. The van der Waals surface area contributed by atoms with Crippen LogP contribution in [-0.2, 0) is 0 Å². The van der Waals surface area contributed by atoms with Crippen LogP contribution in [0.25, 0.3) is 5.65 Å². The predicted octanol–water partition coefficient (Wildman–Crippen LogP) is 1.84.